The fourth-order valence-electron chi connectivity index (χ4n) is 4.13. The van der Waals surface area contributed by atoms with Gasteiger partial charge in [-0.25, -0.2) is 10.2 Å². The minimum Gasteiger partial charge on any atom is -0.493 e. The number of hydrazone groups is 1. The van der Waals surface area contributed by atoms with E-state index in [2.05, 4.69) is 46.2 Å². The molecule has 40 heavy (non-hydrogen) atoms. The van der Waals surface area contributed by atoms with Crippen molar-refractivity contribution in [3.63, 3.8) is 0 Å². The summed E-state index contributed by atoms with van der Waals surface area (Å²) in [6.45, 7) is 7.22. The molecule has 0 amide bonds. The molecule has 2 aliphatic heterocycles. The van der Waals surface area contributed by atoms with E-state index in [0.717, 1.165) is 5.56 Å². The zero-order chi connectivity index (χ0) is 27.9. The molecule has 12 nitrogen and oxygen atoms in total. The summed E-state index contributed by atoms with van der Waals surface area (Å²) < 4.78 is 22.6. The Hall–Kier alpha value is -3.81. The smallest absolute Gasteiger partial charge is 0.343 e. The van der Waals surface area contributed by atoms with Gasteiger partial charge < -0.3 is 28.7 Å². The average Bonchev–Trinajstić information content (AvgIpc) is 2.99. The Bertz CT molecular complexity index is 1320. The van der Waals surface area contributed by atoms with Gasteiger partial charge in [0.1, 0.15) is 0 Å². The van der Waals surface area contributed by atoms with Crippen molar-refractivity contribution in [2.45, 2.75) is 6.92 Å². The van der Waals surface area contributed by atoms with Crippen molar-refractivity contribution in [2.24, 2.45) is 5.10 Å². The van der Waals surface area contributed by atoms with Crippen molar-refractivity contribution < 1.29 is 23.7 Å². The summed E-state index contributed by atoms with van der Waals surface area (Å²) in [6, 6.07) is 10.7. The molecule has 1 N–H and O–H groups in total. The maximum Gasteiger partial charge on any atom is 0.343 e. The van der Waals surface area contributed by atoms with Gasteiger partial charge in [-0.2, -0.15) is 20.1 Å². The Labute approximate surface area is 240 Å². The van der Waals surface area contributed by atoms with Crippen LogP contribution in [0.5, 0.6) is 11.5 Å². The lowest BCUT2D eigenvalue weighted by atomic mass is 10.1. The Balaban J connectivity index is 1.33. The molecule has 0 unspecified atom stereocenters. The van der Waals surface area contributed by atoms with Gasteiger partial charge in [0.25, 0.3) is 0 Å². The van der Waals surface area contributed by atoms with Gasteiger partial charge in [-0.05, 0) is 52.7 Å². The summed E-state index contributed by atoms with van der Waals surface area (Å²) in [4.78, 5) is 30.7. The summed E-state index contributed by atoms with van der Waals surface area (Å²) in [5.41, 5.74) is 5.13. The molecule has 0 bridgehead atoms. The number of carbonyl (C=O) groups is 1. The molecular formula is C27H30BrN7O5. The molecule has 210 valence electrons. The Morgan fingerprint density at radius 2 is 1.57 bits per heavy atom. The minimum absolute atomic E-state index is 0.279. The number of rotatable bonds is 8. The van der Waals surface area contributed by atoms with Gasteiger partial charge in [-0.15, -0.1) is 0 Å². The topological polar surface area (TPSA) is 124 Å². The molecule has 1 aromatic heterocycles. The number of carbonyl (C=O) groups excluding carboxylic acids is 1. The number of methoxy groups -OCH3 is 1. The predicted molar refractivity (Wildman–Crippen MR) is 154 cm³/mol. The van der Waals surface area contributed by atoms with E-state index in [0.29, 0.717) is 91.8 Å². The Kier molecular flexibility index (Phi) is 9.04. The number of aryl methyl sites for hydroxylation is 1. The van der Waals surface area contributed by atoms with Crippen LogP contribution in [0.15, 0.2) is 46.0 Å². The number of halogens is 1. The number of hydrogen-bond acceptors (Lipinski definition) is 12. The number of morpholine rings is 2. The van der Waals surface area contributed by atoms with Gasteiger partial charge in [0, 0.05) is 26.2 Å². The molecule has 2 fully saturated rings. The molecule has 0 atom stereocenters. The van der Waals surface area contributed by atoms with Crippen LogP contribution in [0.3, 0.4) is 0 Å². The van der Waals surface area contributed by atoms with Crippen molar-refractivity contribution in [3.05, 3.63) is 57.6 Å². The second-order valence-electron chi connectivity index (χ2n) is 9.12. The second-order valence-corrected chi connectivity index (χ2v) is 9.97. The lowest BCUT2D eigenvalue weighted by molar-refractivity contribution is 0.0728. The monoisotopic (exact) mass is 611 g/mol. The van der Waals surface area contributed by atoms with E-state index in [4.69, 9.17) is 23.9 Å². The van der Waals surface area contributed by atoms with Crippen LogP contribution in [0.4, 0.5) is 17.8 Å². The molecule has 2 aliphatic rings. The van der Waals surface area contributed by atoms with Crippen LogP contribution in [0.1, 0.15) is 21.5 Å². The molecule has 3 aromatic rings. The van der Waals surface area contributed by atoms with Crippen LogP contribution in [0, 0.1) is 6.92 Å². The number of nitrogens with zero attached hydrogens (tertiary/aromatic N) is 6. The third-order valence-corrected chi connectivity index (χ3v) is 6.90. The fraction of sp³-hybridized carbons (Fsp3) is 0.370. The number of ether oxygens (including phenoxy) is 4. The van der Waals surface area contributed by atoms with E-state index in [9.17, 15) is 4.79 Å². The molecule has 0 aliphatic carbocycles. The van der Waals surface area contributed by atoms with Gasteiger partial charge in [-0.1, -0.05) is 17.7 Å². The maximum absolute atomic E-state index is 12.7. The van der Waals surface area contributed by atoms with Gasteiger partial charge in [0.2, 0.25) is 17.8 Å². The van der Waals surface area contributed by atoms with Crippen LogP contribution in [0.2, 0.25) is 0 Å². The minimum atomic E-state index is -0.482. The van der Waals surface area contributed by atoms with Gasteiger partial charge in [-0.3, -0.25) is 0 Å². The SMILES string of the molecule is COc1cc(/C=N/Nc2nc(N3CCOCC3)nc(N3CCOCC3)n2)cc(Br)c1OC(=O)c1ccc(C)cc1. The lowest BCUT2D eigenvalue weighted by Gasteiger charge is -2.30. The molecule has 3 heterocycles. The molecule has 0 radical (unpaired) electrons. The first-order chi connectivity index (χ1) is 19.5. The van der Waals surface area contributed by atoms with E-state index < -0.39 is 5.97 Å². The maximum atomic E-state index is 12.7. The van der Waals surface area contributed by atoms with Crippen molar-refractivity contribution in [2.75, 3.05) is 74.9 Å². The Morgan fingerprint density at radius 3 is 2.15 bits per heavy atom. The highest BCUT2D eigenvalue weighted by atomic mass is 79.9. The van der Waals surface area contributed by atoms with E-state index in [1.165, 1.54) is 7.11 Å². The highest BCUT2D eigenvalue weighted by molar-refractivity contribution is 9.10. The normalized spacial score (nSPS) is 15.8. The Morgan fingerprint density at radius 1 is 0.975 bits per heavy atom. The van der Waals surface area contributed by atoms with Crippen LogP contribution in [0.25, 0.3) is 0 Å². The van der Waals surface area contributed by atoms with E-state index in [-0.39, 0.29) is 5.75 Å². The first-order valence-electron chi connectivity index (χ1n) is 12.9. The van der Waals surface area contributed by atoms with Gasteiger partial charge in [0.15, 0.2) is 11.5 Å². The molecule has 5 rings (SSSR count). The molecular weight excluding hydrogens is 582 g/mol. The van der Waals surface area contributed by atoms with Crippen molar-refractivity contribution in [1.29, 1.82) is 0 Å². The molecule has 13 heteroatoms. The fourth-order valence-corrected chi connectivity index (χ4v) is 4.67. The molecule has 2 aromatic carbocycles. The van der Waals surface area contributed by atoms with E-state index in [1.54, 1.807) is 30.5 Å². The average molecular weight is 612 g/mol. The van der Waals surface area contributed by atoms with Crippen molar-refractivity contribution >= 4 is 46.0 Å². The molecule has 2 saturated heterocycles. The van der Waals surface area contributed by atoms with Crippen molar-refractivity contribution in [3.8, 4) is 11.5 Å². The summed E-state index contributed by atoms with van der Waals surface area (Å²) in [5, 5.41) is 4.35. The summed E-state index contributed by atoms with van der Waals surface area (Å²) >= 11 is 3.49. The van der Waals surface area contributed by atoms with Gasteiger partial charge in [0.05, 0.1) is 49.8 Å². The van der Waals surface area contributed by atoms with Crippen LogP contribution in [-0.2, 0) is 9.47 Å². The highest BCUT2D eigenvalue weighted by Crippen LogP contribution is 2.37. The first-order valence-corrected chi connectivity index (χ1v) is 13.7. The number of benzene rings is 2. The second kappa shape index (κ2) is 13.0. The zero-order valence-electron chi connectivity index (χ0n) is 22.3. The van der Waals surface area contributed by atoms with Gasteiger partial charge >= 0.3 is 5.97 Å². The van der Waals surface area contributed by atoms with Crippen LogP contribution < -0.4 is 24.7 Å². The zero-order valence-corrected chi connectivity index (χ0v) is 23.9. The largest absolute Gasteiger partial charge is 0.493 e. The number of hydrogen-bond donors (Lipinski definition) is 1. The van der Waals surface area contributed by atoms with E-state index >= 15 is 0 Å². The summed E-state index contributed by atoms with van der Waals surface area (Å²) in [5.74, 6) is 1.64. The van der Waals surface area contributed by atoms with E-state index in [1.807, 2.05) is 19.1 Å². The highest BCUT2D eigenvalue weighted by Gasteiger charge is 2.21. The third kappa shape index (κ3) is 6.84. The van der Waals surface area contributed by atoms with Crippen molar-refractivity contribution in [1.82, 2.24) is 15.0 Å². The van der Waals surface area contributed by atoms with Crippen LogP contribution >= 0.6 is 15.9 Å². The molecule has 0 spiro atoms. The standard InChI is InChI=1S/C27H30BrN7O5/c1-18-3-5-20(6-4-18)24(36)40-23-21(28)15-19(16-22(23)37-2)17-29-33-25-30-26(34-7-11-38-12-8-34)32-27(31-25)35-9-13-39-14-10-35/h3-6,15-17H,7-14H2,1-2H3,(H,30,31,32,33)/b29-17+. The predicted octanol–water partition coefficient (Wildman–Crippen LogP) is 3.29. The molecule has 0 saturated carbocycles. The number of nitrogens with one attached hydrogen (secondary N) is 1. The number of esters is 1. The summed E-state index contributed by atoms with van der Waals surface area (Å²) in [6.07, 6.45) is 1.60. The lowest BCUT2D eigenvalue weighted by Crippen LogP contribution is -2.40. The van der Waals surface area contributed by atoms with Crippen LogP contribution in [-0.4, -0.2) is 86.9 Å². The number of anilines is 3. The quantitative estimate of drug-likeness (QED) is 0.175. The third-order valence-electron chi connectivity index (χ3n) is 6.31. The first kappa shape index (κ1) is 27.7. The summed E-state index contributed by atoms with van der Waals surface area (Å²) in [7, 11) is 1.51. The number of aromatic nitrogens is 3.